The summed E-state index contributed by atoms with van der Waals surface area (Å²) in [5.74, 6) is -0.0183. The summed E-state index contributed by atoms with van der Waals surface area (Å²) in [6.45, 7) is 0. The molecule has 3 rings (SSSR count). The summed E-state index contributed by atoms with van der Waals surface area (Å²) in [5, 5.41) is 2.50. The molecule has 92 valence electrons. The van der Waals surface area contributed by atoms with Crippen molar-refractivity contribution in [2.75, 3.05) is 0 Å². The maximum Gasteiger partial charge on any atom is 0.193 e. The van der Waals surface area contributed by atoms with E-state index < -0.39 is 0 Å². The van der Waals surface area contributed by atoms with E-state index in [1.54, 1.807) is 36.7 Å². The molecule has 0 saturated carbocycles. The van der Waals surface area contributed by atoms with Crippen LogP contribution in [0.2, 0.25) is 5.02 Å². The Bertz CT molecular complexity index is 745. The van der Waals surface area contributed by atoms with Crippen LogP contribution < -0.4 is 0 Å². The molecule has 0 aliphatic carbocycles. The molecule has 0 atom stereocenters. The van der Waals surface area contributed by atoms with Gasteiger partial charge in [-0.2, -0.15) is 0 Å². The smallest absolute Gasteiger partial charge is 0.193 e. The number of carbonyl (C=O) groups is 1. The number of hydrogen-bond donors (Lipinski definition) is 0. The molecule has 0 radical (unpaired) electrons. The molecule has 0 N–H and O–H groups in total. The van der Waals surface area contributed by atoms with Crippen LogP contribution in [-0.2, 0) is 0 Å². The second kappa shape index (κ2) is 4.82. The zero-order valence-corrected chi connectivity index (χ0v) is 10.8. The molecule has 0 spiro atoms. The molecule has 0 aliphatic heterocycles. The average molecular weight is 268 g/mol. The van der Waals surface area contributed by atoms with E-state index in [1.807, 2.05) is 24.3 Å². The summed E-state index contributed by atoms with van der Waals surface area (Å²) in [6.07, 6.45) is 3.44. The highest BCUT2D eigenvalue weighted by molar-refractivity contribution is 6.30. The molecule has 0 unspecified atom stereocenters. The molecule has 1 heterocycles. The molecule has 19 heavy (non-hydrogen) atoms. The number of fused-ring (bicyclic) bond motifs is 1. The summed E-state index contributed by atoms with van der Waals surface area (Å²) in [7, 11) is 0. The minimum atomic E-state index is -0.0183. The molecular weight excluding hydrogens is 258 g/mol. The van der Waals surface area contributed by atoms with Crippen molar-refractivity contribution in [2.24, 2.45) is 0 Å². The van der Waals surface area contributed by atoms with Crippen molar-refractivity contribution in [2.45, 2.75) is 0 Å². The Morgan fingerprint density at radius 1 is 1.00 bits per heavy atom. The van der Waals surface area contributed by atoms with Gasteiger partial charge in [-0.05, 0) is 35.7 Å². The number of carbonyl (C=O) groups excluding carboxylic acids is 1. The maximum atomic E-state index is 12.5. The second-order valence-corrected chi connectivity index (χ2v) is 4.67. The second-order valence-electron chi connectivity index (χ2n) is 4.24. The Morgan fingerprint density at radius 2 is 1.79 bits per heavy atom. The minimum absolute atomic E-state index is 0.0183. The number of halogens is 1. The van der Waals surface area contributed by atoms with Crippen LogP contribution in [0, 0.1) is 0 Å². The van der Waals surface area contributed by atoms with Crippen LogP contribution in [0.5, 0.6) is 0 Å². The van der Waals surface area contributed by atoms with Crippen molar-refractivity contribution in [1.29, 1.82) is 0 Å². The summed E-state index contributed by atoms with van der Waals surface area (Å²) < 4.78 is 0. The van der Waals surface area contributed by atoms with Gasteiger partial charge in [0, 0.05) is 33.9 Å². The number of rotatable bonds is 2. The van der Waals surface area contributed by atoms with Crippen LogP contribution in [-0.4, -0.2) is 10.8 Å². The van der Waals surface area contributed by atoms with Crippen molar-refractivity contribution in [3.8, 4) is 0 Å². The number of pyridine rings is 1. The Labute approximate surface area is 115 Å². The fraction of sp³-hybridized carbons (Fsp3) is 0. The summed E-state index contributed by atoms with van der Waals surface area (Å²) in [6, 6.07) is 14.5. The van der Waals surface area contributed by atoms with Gasteiger partial charge in [-0.25, -0.2) is 0 Å². The monoisotopic (exact) mass is 267 g/mol. The molecule has 0 saturated heterocycles. The predicted molar refractivity (Wildman–Crippen MR) is 76.6 cm³/mol. The van der Waals surface area contributed by atoms with E-state index in [1.165, 1.54) is 0 Å². The minimum Gasteiger partial charge on any atom is -0.289 e. The van der Waals surface area contributed by atoms with E-state index in [-0.39, 0.29) is 5.78 Å². The number of aromatic nitrogens is 1. The van der Waals surface area contributed by atoms with E-state index in [0.717, 1.165) is 10.8 Å². The lowest BCUT2D eigenvalue weighted by Gasteiger charge is -2.05. The first-order chi connectivity index (χ1) is 9.25. The summed E-state index contributed by atoms with van der Waals surface area (Å²) >= 11 is 5.84. The highest BCUT2D eigenvalue weighted by Gasteiger charge is 2.12. The van der Waals surface area contributed by atoms with Gasteiger partial charge >= 0.3 is 0 Å². The van der Waals surface area contributed by atoms with Gasteiger partial charge in [0.05, 0.1) is 0 Å². The summed E-state index contributed by atoms with van der Waals surface area (Å²) in [5.41, 5.74) is 1.29. The van der Waals surface area contributed by atoms with Crippen molar-refractivity contribution in [1.82, 2.24) is 4.98 Å². The fourth-order valence-corrected chi connectivity index (χ4v) is 2.19. The van der Waals surface area contributed by atoms with Crippen LogP contribution in [0.4, 0.5) is 0 Å². The van der Waals surface area contributed by atoms with Crippen molar-refractivity contribution < 1.29 is 4.79 Å². The van der Waals surface area contributed by atoms with Crippen LogP contribution in [0.25, 0.3) is 10.8 Å². The van der Waals surface area contributed by atoms with E-state index in [2.05, 4.69) is 4.98 Å². The van der Waals surface area contributed by atoms with Crippen LogP contribution in [0.15, 0.2) is 60.9 Å². The third kappa shape index (κ3) is 2.23. The summed E-state index contributed by atoms with van der Waals surface area (Å²) in [4.78, 5) is 16.6. The number of hydrogen-bond acceptors (Lipinski definition) is 2. The number of ketones is 1. The topological polar surface area (TPSA) is 30.0 Å². The molecule has 0 amide bonds. The molecule has 2 nitrogen and oxygen atoms in total. The van der Waals surface area contributed by atoms with Crippen LogP contribution >= 0.6 is 11.6 Å². The molecule has 3 heteroatoms. The molecular formula is C16H10ClNO. The first-order valence-electron chi connectivity index (χ1n) is 5.89. The first-order valence-corrected chi connectivity index (χ1v) is 6.26. The van der Waals surface area contributed by atoms with E-state index >= 15 is 0 Å². The quantitative estimate of drug-likeness (QED) is 0.654. The fourth-order valence-electron chi connectivity index (χ4n) is 2.07. The van der Waals surface area contributed by atoms with Gasteiger partial charge in [-0.1, -0.05) is 29.8 Å². The van der Waals surface area contributed by atoms with Gasteiger partial charge < -0.3 is 0 Å². The molecule has 0 aliphatic rings. The Morgan fingerprint density at radius 3 is 2.58 bits per heavy atom. The Hall–Kier alpha value is -2.19. The van der Waals surface area contributed by atoms with E-state index in [4.69, 9.17) is 11.6 Å². The SMILES string of the molecule is O=C(c1ccc(Cl)cc1)c1cccc2ccncc12. The highest BCUT2D eigenvalue weighted by Crippen LogP contribution is 2.21. The largest absolute Gasteiger partial charge is 0.289 e. The normalized spacial score (nSPS) is 10.6. The molecule has 2 aromatic carbocycles. The molecule has 0 bridgehead atoms. The van der Waals surface area contributed by atoms with Crippen molar-refractivity contribution in [3.05, 3.63) is 77.1 Å². The van der Waals surface area contributed by atoms with Gasteiger partial charge in [0.15, 0.2) is 5.78 Å². The molecule has 0 fully saturated rings. The lowest BCUT2D eigenvalue weighted by molar-refractivity contribution is 0.104. The number of benzene rings is 2. The maximum absolute atomic E-state index is 12.5. The standard InChI is InChI=1S/C16H10ClNO/c17-13-6-4-12(5-7-13)16(19)14-3-1-2-11-8-9-18-10-15(11)14/h1-10H. The predicted octanol–water partition coefficient (Wildman–Crippen LogP) is 4.12. The van der Waals surface area contributed by atoms with Crippen molar-refractivity contribution in [3.63, 3.8) is 0 Å². The third-order valence-corrected chi connectivity index (χ3v) is 3.29. The molecule has 3 aromatic rings. The van der Waals surface area contributed by atoms with Gasteiger partial charge in [0.2, 0.25) is 0 Å². The third-order valence-electron chi connectivity index (χ3n) is 3.03. The lowest BCUT2D eigenvalue weighted by Crippen LogP contribution is -2.02. The highest BCUT2D eigenvalue weighted by atomic mass is 35.5. The zero-order valence-electron chi connectivity index (χ0n) is 10.0. The van der Waals surface area contributed by atoms with E-state index in [0.29, 0.717) is 16.1 Å². The number of nitrogens with zero attached hydrogens (tertiary/aromatic N) is 1. The molecule has 1 aromatic heterocycles. The van der Waals surface area contributed by atoms with Crippen LogP contribution in [0.1, 0.15) is 15.9 Å². The van der Waals surface area contributed by atoms with Gasteiger partial charge in [0.25, 0.3) is 0 Å². The Balaban J connectivity index is 2.14. The average Bonchev–Trinajstić information content (AvgIpc) is 2.47. The Kier molecular flexibility index (Phi) is 3.02. The first kappa shape index (κ1) is 11.9. The van der Waals surface area contributed by atoms with E-state index in [9.17, 15) is 4.79 Å². The zero-order chi connectivity index (χ0) is 13.2. The van der Waals surface area contributed by atoms with Gasteiger partial charge in [0.1, 0.15) is 0 Å². The van der Waals surface area contributed by atoms with Gasteiger partial charge in [-0.15, -0.1) is 0 Å². The lowest BCUT2D eigenvalue weighted by atomic mass is 9.98. The van der Waals surface area contributed by atoms with Crippen molar-refractivity contribution >= 4 is 28.2 Å². The van der Waals surface area contributed by atoms with Gasteiger partial charge in [-0.3, -0.25) is 9.78 Å². The van der Waals surface area contributed by atoms with Crippen LogP contribution in [0.3, 0.4) is 0 Å².